The van der Waals surface area contributed by atoms with E-state index in [4.69, 9.17) is 4.74 Å². The molecule has 0 saturated carbocycles. The van der Waals surface area contributed by atoms with Crippen LogP contribution in [0.4, 0.5) is 0 Å². The van der Waals surface area contributed by atoms with Crippen LogP contribution in [0.3, 0.4) is 0 Å². The molecule has 1 saturated heterocycles. The Morgan fingerprint density at radius 2 is 2.36 bits per heavy atom. The van der Waals surface area contributed by atoms with Crippen molar-refractivity contribution in [3.8, 4) is 0 Å². The number of esters is 1. The molecular weight excluding hydrogens is 178 g/mol. The predicted molar refractivity (Wildman–Crippen MR) is 56.0 cm³/mol. The van der Waals surface area contributed by atoms with Crippen molar-refractivity contribution in [2.24, 2.45) is 11.8 Å². The monoisotopic (exact) mass is 199 g/mol. The van der Waals surface area contributed by atoms with Crippen molar-refractivity contribution in [3.05, 3.63) is 0 Å². The lowest BCUT2D eigenvalue weighted by molar-refractivity contribution is -0.150. The molecule has 1 rings (SSSR count). The molecule has 2 unspecified atom stereocenters. The molecule has 1 fully saturated rings. The van der Waals surface area contributed by atoms with Gasteiger partial charge in [0.1, 0.15) is 0 Å². The van der Waals surface area contributed by atoms with Gasteiger partial charge in [0.05, 0.1) is 12.5 Å². The molecule has 0 spiro atoms. The fourth-order valence-corrected chi connectivity index (χ4v) is 2.16. The molecule has 0 radical (unpaired) electrons. The van der Waals surface area contributed by atoms with Gasteiger partial charge in [-0.3, -0.25) is 4.79 Å². The third-order valence-corrected chi connectivity index (χ3v) is 2.93. The number of hydrogen-bond acceptors (Lipinski definition) is 3. The van der Waals surface area contributed by atoms with Crippen molar-refractivity contribution in [1.29, 1.82) is 0 Å². The van der Waals surface area contributed by atoms with Crippen LogP contribution in [0.5, 0.6) is 0 Å². The predicted octanol–water partition coefficient (Wildman–Crippen LogP) is 1.58. The molecule has 82 valence electrons. The number of piperidine rings is 1. The fourth-order valence-electron chi connectivity index (χ4n) is 2.16. The second-order valence-corrected chi connectivity index (χ2v) is 3.87. The van der Waals surface area contributed by atoms with E-state index in [0.29, 0.717) is 12.5 Å². The maximum atomic E-state index is 11.6. The topological polar surface area (TPSA) is 38.3 Å². The number of carbonyl (C=O) groups excluding carboxylic acids is 1. The Kier molecular flexibility index (Phi) is 4.94. The summed E-state index contributed by atoms with van der Waals surface area (Å²) in [6, 6.07) is 0. The fraction of sp³-hybridized carbons (Fsp3) is 0.909. The van der Waals surface area contributed by atoms with Crippen LogP contribution in [0.2, 0.25) is 0 Å². The minimum Gasteiger partial charge on any atom is -0.466 e. The molecule has 1 aliphatic heterocycles. The molecule has 0 aromatic carbocycles. The highest BCUT2D eigenvalue weighted by Gasteiger charge is 2.28. The SMILES string of the molecule is CCOC(=O)C(CC)C1CCCNC1. The van der Waals surface area contributed by atoms with E-state index in [1.165, 1.54) is 6.42 Å². The van der Waals surface area contributed by atoms with E-state index >= 15 is 0 Å². The second kappa shape index (κ2) is 6.02. The maximum absolute atomic E-state index is 11.6. The first-order chi connectivity index (χ1) is 6.79. The van der Waals surface area contributed by atoms with Gasteiger partial charge in [0.25, 0.3) is 0 Å². The average Bonchev–Trinajstić information content (AvgIpc) is 2.21. The van der Waals surface area contributed by atoms with Crippen LogP contribution in [0.1, 0.15) is 33.1 Å². The highest BCUT2D eigenvalue weighted by molar-refractivity contribution is 5.72. The summed E-state index contributed by atoms with van der Waals surface area (Å²) in [6.45, 7) is 6.49. The van der Waals surface area contributed by atoms with E-state index in [0.717, 1.165) is 25.9 Å². The second-order valence-electron chi connectivity index (χ2n) is 3.87. The standard InChI is InChI=1S/C11H21NO2/c1-3-10(11(13)14-4-2)9-6-5-7-12-8-9/h9-10,12H,3-8H2,1-2H3. The lowest BCUT2D eigenvalue weighted by Gasteiger charge is -2.28. The zero-order valence-electron chi connectivity index (χ0n) is 9.21. The Hall–Kier alpha value is -0.570. The smallest absolute Gasteiger partial charge is 0.309 e. The third kappa shape index (κ3) is 2.98. The van der Waals surface area contributed by atoms with Crippen molar-refractivity contribution < 1.29 is 9.53 Å². The quantitative estimate of drug-likeness (QED) is 0.698. The molecule has 0 bridgehead atoms. The van der Waals surface area contributed by atoms with E-state index in [1.807, 2.05) is 6.92 Å². The molecule has 2 atom stereocenters. The van der Waals surface area contributed by atoms with E-state index in [1.54, 1.807) is 0 Å². The molecule has 3 heteroatoms. The van der Waals surface area contributed by atoms with E-state index in [2.05, 4.69) is 12.2 Å². The Morgan fingerprint density at radius 3 is 2.86 bits per heavy atom. The van der Waals surface area contributed by atoms with E-state index in [9.17, 15) is 4.79 Å². The first-order valence-electron chi connectivity index (χ1n) is 5.66. The van der Waals surface area contributed by atoms with Crippen LogP contribution >= 0.6 is 0 Å². The Balaban J connectivity index is 2.46. The summed E-state index contributed by atoms with van der Waals surface area (Å²) in [5.74, 6) is 0.569. The van der Waals surface area contributed by atoms with Crippen molar-refractivity contribution in [2.45, 2.75) is 33.1 Å². The lowest BCUT2D eigenvalue weighted by Crippen LogP contribution is -2.37. The summed E-state index contributed by atoms with van der Waals surface area (Å²) >= 11 is 0. The van der Waals surface area contributed by atoms with Crippen LogP contribution < -0.4 is 5.32 Å². The van der Waals surface area contributed by atoms with Crippen molar-refractivity contribution in [1.82, 2.24) is 5.32 Å². The molecule has 0 aliphatic carbocycles. The molecule has 0 amide bonds. The van der Waals surface area contributed by atoms with Gasteiger partial charge in [0.15, 0.2) is 0 Å². The molecule has 0 aromatic heterocycles. The summed E-state index contributed by atoms with van der Waals surface area (Å²) < 4.78 is 5.08. The van der Waals surface area contributed by atoms with Gasteiger partial charge in [-0.25, -0.2) is 0 Å². The minimum atomic E-state index is -0.0105. The molecule has 1 aliphatic rings. The van der Waals surface area contributed by atoms with Gasteiger partial charge < -0.3 is 10.1 Å². The summed E-state index contributed by atoms with van der Waals surface area (Å²) in [4.78, 5) is 11.6. The molecule has 0 aromatic rings. The average molecular weight is 199 g/mol. The molecule has 1 N–H and O–H groups in total. The highest BCUT2D eigenvalue weighted by atomic mass is 16.5. The highest BCUT2D eigenvalue weighted by Crippen LogP contribution is 2.23. The van der Waals surface area contributed by atoms with Gasteiger partial charge in [0.2, 0.25) is 0 Å². The van der Waals surface area contributed by atoms with Gasteiger partial charge in [-0.2, -0.15) is 0 Å². The normalized spacial score (nSPS) is 24.3. The van der Waals surface area contributed by atoms with Gasteiger partial charge in [-0.05, 0) is 45.2 Å². The lowest BCUT2D eigenvalue weighted by atomic mass is 9.84. The first kappa shape index (κ1) is 11.5. The minimum absolute atomic E-state index is 0.0105. The van der Waals surface area contributed by atoms with Gasteiger partial charge >= 0.3 is 5.97 Å². The van der Waals surface area contributed by atoms with Gasteiger partial charge in [0, 0.05) is 0 Å². The Morgan fingerprint density at radius 1 is 1.57 bits per heavy atom. The Bertz CT molecular complexity index is 176. The third-order valence-electron chi connectivity index (χ3n) is 2.93. The summed E-state index contributed by atoms with van der Waals surface area (Å²) in [5, 5.41) is 3.34. The summed E-state index contributed by atoms with van der Waals surface area (Å²) in [7, 11) is 0. The number of carbonyl (C=O) groups is 1. The zero-order valence-corrected chi connectivity index (χ0v) is 9.21. The first-order valence-corrected chi connectivity index (χ1v) is 5.66. The molecule has 3 nitrogen and oxygen atoms in total. The largest absolute Gasteiger partial charge is 0.466 e. The van der Waals surface area contributed by atoms with Crippen molar-refractivity contribution >= 4 is 5.97 Å². The van der Waals surface area contributed by atoms with E-state index < -0.39 is 0 Å². The Labute approximate surface area is 86.2 Å². The van der Waals surface area contributed by atoms with Crippen LogP contribution in [0.15, 0.2) is 0 Å². The number of ether oxygens (including phenoxy) is 1. The van der Waals surface area contributed by atoms with Crippen molar-refractivity contribution in [3.63, 3.8) is 0 Å². The van der Waals surface area contributed by atoms with Gasteiger partial charge in [-0.15, -0.1) is 0 Å². The molecule has 14 heavy (non-hydrogen) atoms. The summed E-state index contributed by atoms with van der Waals surface area (Å²) in [5.41, 5.74) is 0. The van der Waals surface area contributed by atoms with E-state index in [-0.39, 0.29) is 11.9 Å². The van der Waals surface area contributed by atoms with Crippen molar-refractivity contribution in [2.75, 3.05) is 19.7 Å². The van der Waals surface area contributed by atoms with Gasteiger partial charge in [-0.1, -0.05) is 6.92 Å². The zero-order chi connectivity index (χ0) is 10.4. The van der Waals surface area contributed by atoms with Crippen LogP contribution in [0.25, 0.3) is 0 Å². The number of hydrogen-bond donors (Lipinski definition) is 1. The van der Waals surface area contributed by atoms with Crippen LogP contribution in [0, 0.1) is 11.8 Å². The molecule has 1 heterocycles. The summed E-state index contributed by atoms with van der Waals surface area (Å²) in [6.07, 6.45) is 3.23. The number of rotatable bonds is 4. The van der Waals surface area contributed by atoms with Crippen LogP contribution in [-0.4, -0.2) is 25.7 Å². The van der Waals surface area contributed by atoms with Crippen LogP contribution in [-0.2, 0) is 9.53 Å². The number of nitrogens with one attached hydrogen (secondary N) is 1. The maximum Gasteiger partial charge on any atom is 0.309 e. The molecular formula is C11H21NO2.